The maximum atomic E-state index is 12.8. The van der Waals surface area contributed by atoms with Crippen molar-refractivity contribution >= 4 is 17.7 Å². The van der Waals surface area contributed by atoms with Gasteiger partial charge in [0.05, 0.1) is 0 Å². The van der Waals surface area contributed by atoms with Crippen LogP contribution in [0.4, 0.5) is 0 Å². The molecule has 0 radical (unpaired) electrons. The monoisotopic (exact) mass is 779 g/mol. The number of amides is 3. The Morgan fingerprint density at radius 3 is 0.782 bits per heavy atom. The van der Waals surface area contributed by atoms with Crippen molar-refractivity contribution in [3.63, 3.8) is 0 Å². The van der Waals surface area contributed by atoms with Crippen LogP contribution in [0.2, 0.25) is 0 Å². The van der Waals surface area contributed by atoms with Crippen molar-refractivity contribution in [2.24, 2.45) is 0 Å². The topological polar surface area (TPSA) is 130 Å². The van der Waals surface area contributed by atoms with Gasteiger partial charge < -0.3 is 16.0 Å². The molecule has 0 fully saturated rings. The Bertz CT molecular complexity index is 812. The van der Waals surface area contributed by atoms with Crippen molar-refractivity contribution in [3.8, 4) is 0 Å². The van der Waals surface area contributed by atoms with E-state index in [9.17, 15) is 24.5 Å². The smallest absolute Gasteiger partial charge is 0.223 e. The first-order chi connectivity index (χ1) is 26.8. The summed E-state index contributed by atoms with van der Waals surface area (Å²) in [5.74, 6) is -0.589. The Balaban J connectivity index is 4.75. The summed E-state index contributed by atoms with van der Waals surface area (Å²) in [6.07, 6.45) is 36.6. The zero-order valence-electron chi connectivity index (χ0n) is 36.6. The minimum absolute atomic E-state index is 0.0131. The third-order valence-corrected chi connectivity index (χ3v) is 11.4. The fourth-order valence-corrected chi connectivity index (χ4v) is 7.47. The van der Waals surface area contributed by atoms with Gasteiger partial charge in [0.2, 0.25) is 23.3 Å². The number of carbonyl (C=O) groups is 3. The summed E-state index contributed by atoms with van der Waals surface area (Å²) < 4.78 is 0. The Hall–Kier alpha value is -2.19. The molecule has 0 spiro atoms. The molecule has 9 nitrogen and oxygen atoms in total. The van der Waals surface area contributed by atoms with Gasteiger partial charge in [-0.1, -0.05) is 194 Å². The molecule has 9 heteroatoms. The van der Waals surface area contributed by atoms with Crippen LogP contribution in [-0.2, 0) is 14.4 Å². The average molecular weight is 779 g/mol. The van der Waals surface area contributed by atoms with Gasteiger partial charge in [-0.15, -0.1) is 0 Å². The van der Waals surface area contributed by atoms with Crippen molar-refractivity contribution < 1.29 is 19.3 Å². The molecule has 3 N–H and O–H groups in total. The molecule has 3 amide bonds. The largest absolute Gasteiger partial charge is 0.356 e. The third-order valence-electron chi connectivity index (χ3n) is 11.4. The number of hydrogen-bond acceptors (Lipinski definition) is 5. The van der Waals surface area contributed by atoms with Crippen molar-refractivity contribution in [3.05, 3.63) is 10.1 Å². The number of carbonyl (C=O) groups excluding carboxylic acids is 3. The standard InChI is InChI=1S/C46H90N4O5/c1-4-7-10-13-16-19-22-25-28-31-40-47-43(51)34-37-46(50(54)55,38-35-44(52)48-41-32-29-26-23-20-17-14-11-8-5-2)39-36-45(53)49-42-33-30-27-24-21-18-15-12-9-6-3/h4-42H2,1-3H3,(H,47,51)(H,48,52)(H,49,53). The van der Waals surface area contributed by atoms with Crippen LogP contribution < -0.4 is 16.0 Å². The molecule has 0 aliphatic carbocycles. The molecule has 0 aliphatic rings. The molecule has 0 rings (SSSR count). The average Bonchev–Trinajstić information content (AvgIpc) is 3.17. The number of rotatable bonds is 43. The second-order valence-electron chi connectivity index (χ2n) is 16.6. The normalized spacial score (nSPS) is 11.5. The maximum absolute atomic E-state index is 12.8. The first-order valence-corrected chi connectivity index (χ1v) is 23.8. The lowest BCUT2D eigenvalue weighted by Crippen LogP contribution is -2.42. The fourth-order valence-electron chi connectivity index (χ4n) is 7.47. The summed E-state index contributed by atoms with van der Waals surface area (Å²) in [5, 5.41) is 21.5. The molecule has 0 saturated carbocycles. The Kier molecular flexibility index (Phi) is 38.4. The lowest BCUT2D eigenvalue weighted by atomic mass is 9.84. The minimum atomic E-state index is -1.50. The van der Waals surface area contributed by atoms with E-state index in [0.717, 1.165) is 57.8 Å². The lowest BCUT2D eigenvalue weighted by Gasteiger charge is -2.25. The van der Waals surface area contributed by atoms with Crippen LogP contribution in [0.3, 0.4) is 0 Å². The summed E-state index contributed by atoms with van der Waals surface area (Å²) in [6.45, 7) is 8.43. The number of unbranched alkanes of at least 4 members (excludes halogenated alkanes) is 27. The molecule has 0 aliphatic heterocycles. The molecule has 0 aromatic rings. The summed E-state index contributed by atoms with van der Waals surface area (Å²) in [4.78, 5) is 50.8. The molecule has 0 bridgehead atoms. The van der Waals surface area contributed by atoms with Crippen LogP contribution in [0.15, 0.2) is 0 Å². The van der Waals surface area contributed by atoms with Gasteiger partial charge in [0.15, 0.2) is 0 Å². The van der Waals surface area contributed by atoms with Crippen LogP contribution >= 0.6 is 0 Å². The van der Waals surface area contributed by atoms with Gasteiger partial charge >= 0.3 is 0 Å². The van der Waals surface area contributed by atoms with Crippen molar-refractivity contribution in [2.75, 3.05) is 19.6 Å². The highest BCUT2D eigenvalue weighted by Crippen LogP contribution is 2.29. The van der Waals surface area contributed by atoms with E-state index in [0.29, 0.717) is 19.6 Å². The summed E-state index contributed by atoms with van der Waals surface area (Å²) in [5.41, 5.74) is -1.50. The summed E-state index contributed by atoms with van der Waals surface area (Å²) in [7, 11) is 0. The van der Waals surface area contributed by atoms with E-state index < -0.39 is 5.54 Å². The number of nitro groups is 1. The molecular formula is C46H90N4O5. The second-order valence-corrected chi connectivity index (χ2v) is 16.6. The molecule has 0 heterocycles. The van der Waals surface area contributed by atoms with Crippen molar-refractivity contribution in [1.29, 1.82) is 0 Å². The van der Waals surface area contributed by atoms with Crippen LogP contribution in [0.5, 0.6) is 0 Å². The molecule has 0 aromatic carbocycles. The highest BCUT2D eigenvalue weighted by atomic mass is 16.6. The summed E-state index contributed by atoms with van der Waals surface area (Å²) in [6, 6.07) is 0. The van der Waals surface area contributed by atoms with Gasteiger partial charge in [-0.3, -0.25) is 24.5 Å². The van der Waals surface area contributed by atoms with E-state index in [1.165, 1.54) is 135 Å². The SMILES string of the molecule is CCCCCCCCCCCCNC(=O)CCC(CCC(=O)NCCCCCCCCCCCC)(CCC(=O)NCCCCCCCCCCCC)[N+](=O)[O-]. The second kappa shape index (κ2) is 40.0. The van der Waals surface area contributed by atoms with E-state index in [4.69, 9.17) is 0 Å². The van der Waals surface area contributed by atoms with Crippen molar-refractivity contribution in [1.82, 2.24) is 16.0 Å². The van der Waals surface area contributed by atoms with Gasteiger partial charge in [-0.25, -0.2) is 0 Å². The maximum Gasteiger partial charge on any atom is 0.223 e. The van der Waals surface area contributed by atoms with E-state index in [1.807, 2.05) is 0 Å². The van der Waals surface area contributed by atoms with E-state index >= 15 is 0 Å². The van der Waals surface area contributed by atoms with Gasteiger partial charge in [-0.05, 0) is 19.3 Å². The molecule has 55 heavy (non-hydrogen) atoms. The molecule has 0 saturated heterocycles. The van der Waals surface area contributed by atoms with E-state index in [-0.39, 0.29) is 61.2 Å². The predicted octanol–water partition coefficient (Wildman–Crippen LogP) is 12.5. The Labute approximate surface area is 339 Å². The first kappa shape index (κ1) is 52.8. The van der Waals surface area contributed by atoms with Gasteiger partial charge in [0, 0.05) is 63.1 Å². The quantitative estimate of drug-likeness (QED) is 0.0322. The molecule has 0 aromatic heterocycles. The number of hydrogen-bond donors (Lipinski definition) is 3. The molecule has 0 atom stereocenters. The predicted molar refractivity (Wildman–Crippen MR) is 232 cm³/mol. The van der Waals surface area contributed by atoms with Crippen LogP contribution in [-0.4, -0.2) is 47.8 Å². The third kappa shape index (κ3) is 34.8. The van der Waals surface area contributed by atoms with Gasteiger partial charge in [0.25, 0.3) is 0 Å². The van der Waals surface area contributed by atoms with Crippen LogP contribution in [0.25, 0.3) is 0 Å². The van der Waals surface area contributed by atoms with Crippen molar-refractivity contribution in [2.45, 2.75) is 257 Å². The highest BCUT2D eigenvalue weighted by molar-refractivity contribution is 5.77. The molecular weight excluding hydrogens is 689 g/mol. The zero-order chi connectivity index (χ0) is 40.5. The minimum Gasteiger partial charge on any atom is -0.356 e. The lowest BCUT2D eigenvalue weighted by molar-refractivity contribution is -0.573. The molecule has 0 unspecified atom stereocenters. The summed E-state index contributed by atoms with van der Waals surface area (Å²) >= 11 is 0. The Morgan fingerprint density at radius 2 is 0.582 bits per heavy atom. The fraction of sp³-hybridized carbons (Fsp3) is 0.935. The van der Waals surface area contributed by atoms with Gasteiger partial charge in [0.1, 0.15) is 0 Å². The van der Waals surface area contributed by atoms with Crippen LogP contribution in [0.1, 0.15) is 252 Å². The van der Waals surface area contributed by atoms with E-state index in [1.54, 1.807) is 0 Å². The number of nitrogens with one attached hydrogen (secondary N) is 3. The van der Waals surface area contributed by atoms with Crippen LogP contribution in [0, 0.1) is 10.1 Å². The Morgan fingerprint density at radius 1 is 0.382 bits per heavy atom. The van der Waals surface area contributed by atoms with E-state index in [2.05, 4.69) is 36.7 Å². The first-order valence-electron chi connectivity index (χ1n) is 23.8. The highest BCUT2D eigenvalue weighted by Gasteiger charge is 2.43. The number of nitrogens with zero attached hydrogens (tertiary/aromatic N) is 1. The zero-order valence-corrected chi connectivity index (χ0v) is 36.6. The molecule has 324 valence electrons. The van der Waals surface area contributed by atoms with Gasteiger partial charge in [-0.2, -0.15) is 0 Å².